The van der Waals surface area contributed by atoms with Crippen molar-refractivity contribution in [3.8, 4) is 5.75 Å². The van der Waals surface area contributed by atoms with Crippen molar-refractivity contribution in [2.45, 2.75) is 25.3 Å². The third-order valence-electron chi connectivity index (χ3n) is 4.29. The van der Waals surface area contributed by atoms with E-state index in [1.807, 2.05) is 18.2 Å². The fraction of sp³-hybridized carbons (Fsp3) is 0.263. The summed E-state index contributed by atoms with van der Waals surface area (Å²) in [4.78, 5) is 15.8. The van der Waals surface area contributed by atoms with E-state index in [1.54, 1.807) is 24.3 Å². The second-order valence-corrected chi connectivity index (χ2v) is 6.07. The Hall–Kier alpha value is -2.82. The summed E-state index contributed by atoms with van der Waals surface area (Å²) < 4.78 is 7.99. The Bertz CT molecular complexity index is 897. The maximum atomic E-state index is 11.0. The summed E-state index contributed by atoms with van der Waals surface area (Å²) in [6.07, 6.45) is 2.40. The van der Waals surface area contributed by atoms with Crippen molar-refractivity contribution >= 4 is 17.0 Å². The standard InChI is InChI=1S/C19H18N2O3/c22-19(23)14-4-3-5-15(12-14)24-11-10-21-17-7-2-1-6-16(17)20-18(21)13-8-9-13/h1-7,12-13H,8-11H2,(H,22,23). The summed E-state index contributed by atoms with van der Waals surface area (Å²) in [6.45, 7) is 1.17. The van der Waals surface area contributed by atoms with Gasteiger partial charge in [0.05, 0.1) is 23.1 Å². The van der Waals surface area contributed by atoms with Crippen LogP contribution >= 0.6 is 0 Å². The molecule has 0 atom stereocenters. The molecule has 0 saturated heterocycles. The van der Waals surface area contributed by atoms with Crippen LogP contribution in [-0.4, -0.2) is 27.2 Å². The molecule has 1 aliphatic carbocycles. The fourth-order valence-corrected chi connectivity index (χ4v) is 2.96. The number of imidazole rings is 1. The zero-order valence-corrected chi connectivity index (χ0v) is 13.2. The molecule has 0 amide bonds. The van der Waals surface area contributed by atoms with Gasteiger partial charge in [-0.05, 0) is 43.2 Å². The van der Waals surface area contributed by atoms with Crippen molar-refractivity contribution in [3.05, 3.63) is 59.9 Å². The predicted octanol–water partition coefficient (Wildman–Crippen LogP) is 3.69. The average molecular weight is 322 g/mol. The molecule has 24 heavy (non-hydrogen) atoms. The first kappa shape index (κ1) is 14.8. The van der Waals surface area contributed by atoms with E-state index in [0.29, 0.717) is 24.8 Å². The number of aromatic carboxylic acids is 1. The molecule has 1 aromatic heterocycles. The molecule has 1 heterocycles. The van der Waals surface area contributed by atoms with E-state index in [2.05, 4.69) is 10.6 Å². The number of para-hydroxylation sites is 2. The van der Waals surface area contributed by atoms with E-state index >= 15 is 0 Å². The molecule has 2 aromatic carbocycles. The van der Waals surface area contributed by atoms with E-state index in [9.17, 15) is 4.79 Å². The summed E-state index contributed by atoms with van der Waals surface area (Å²) >= 11 is 0. The van der Waals surface area contributed by atoms with Gasteiger partial charge in [0.2, 0.25) is 0 Å². The summed E-state index contributed by atoms with van der Waals surface area (Å²) in [5, 5.41) is 9.04. The zero-order chi connectivity index (χ0) is 16.5. The SMILES string of the molecule is O=C(O)c1cccc(OCCn2c(C3CC3)nc3ccccc32)c1. The molecule has 0 spiro atoms. The van der Waals surface area contributed by atoms with Crippen LogP contribution in [0.5, 0.6) is 5.75 Å². The summed E-state index contributed by atoms with van der Waals surface area (Å²) in [7, 11) is 0. The molecule has 0 bridgehead atoms. The lowest BCUT2D eigenvalue weighted by atomic mass is 10.2. The first-order valence-corrected chi connectivity index (χ1v) is 8.14. The molecule has 1 saturated carbocycles. The molecular formula is C19H18N2O3. The number of ether oxygens (including phenoxy) is 1. The highest BCUT2D eigenvalue weighted by molar-refractivity contribution is 5.88. The number of benzene rings is 2. The Morgan fingerprint density at radius 2 is 2.04 bits per heavy atom. The maximum absolute atomic E-state index is 11.0. The monoisotopic (exact) mass is 322 g/mol. The van der Waals surface area contributed by atoms with Gasteiger partial charge in [-0.15, -0.1) is 0 Å². The Kier molecular flexibility index (Phi) is 3.69. The number of fused-ring (bicyclic) bond motifs is 1. The lowest BCUT2D eigenvalue weighted by Gasteiger charge is -2.11. The van der Waals surface area contributed by atoms with Gasteiger partial charge in [-0.3, -0.25) is 0 Å². The maximum Gasteiger partial charge on any atom is 0.335 e. The molecule has 1 N–H and O–H groups in total. The van der Waals surface area contributed by atoms with E-state index in [-0.39, 0.29) is 5.56 Å². The minimum atomic E-state index is -0.947. The normalized spacial score (nSPS) is 14.0. The third kappa shape index (κ3) is 2.85. The number of aromatic nitrogens is 2. The lowest BCUT2D eigenvalue weighted by Crippen LogP contribution is -2.11. The Labute approximate surface area is 139 Å². The second kappa shape index (κ2) is 6.00. The summed E-state index contributed by atoms with van der Waals surface area (Å²) in [5.41, 5.74) is 2.38. The van der Waals surface area contributed by atoms with E-state index in [1.165, 1.54) is 12.8 Å². The first-order valence-electron chi connectivity index (χ1n) is 8.14. The minimum Gasteiger partial charge on any atom is -0.492 e. The number of nitrogens with zero attached hydrogens (tertiary/aromatic N) is 2. The molecular weight excluding hydrogens is 304 g/mol. The second-order valence-electron chi connectivity index (χ2n) is 6.07. The number of hydrogen-bond acceptors (Lipinski definition) is 3. The van der Waals surface area contributed by atoms with E-state index < -0.39 is 5.97 Å². The van der Waals surface area contributed by atoms with Gasteiger partial charge in [-0.1, -0.05) is 18.2 Å². The molecule has 0 aliphatic heterocycles. The molecule has 122 valence electrons. The van der Waals surface area contributed by atoms with Gasteiger partial charge in [0.15, 0.2) is 0 Å². The van der Waals surface area contributed by atoms with Crippen molar-refractivity contribution in [3.63, 3.8) is 0 Å². The molecule has 4 rings (SSSR count). The summed E-state index contributed by atoms with van der Waals surface area (Å²) in [5.74, 6) is 1.33. The molecule has 1 aliphatic rings. The van der Waals surface area contributed by atoms with Crippen LogP contribution in [0.3, 0.4) is 0 Å². The van der Waals surface area contributed by atoms with Gasteiger partial charge in [0, 0.05) is 5.92 Å². The number of carboxylic acid groups (broad SMARTS) is 1. The average Bonchev–Trinajstić information content (AvgIpc) is 3.38. The Morgan fingerprint density at radius 1 is 1.21 bits per heavy atom. The van der Waals surface area contributed by atoms with E-state index in [4.69, 9.17) is 14.8 Å². The smallest absolute Gasteiger partial charge is 0.335 e. The van der Waals surface area contributed by atoms with Gasteiger partial charge < -0.3 is 14.4 Å². The first-order chi connectivity index (χ1) is 11.7. The van der Waals surface area contributed by atoms with Crippen molar-refractivity contribution in [2.75, 3.05) is 6.61 Å². The van der Waals surface area contributed by atoms with Crippen LogP contribution in [0.15, 0.2) is 48.5 Å². The van der Waals surface area contributed by atoms with Gasteiger partial charge in [0.25, 0.3) is 0 Å². The van der Waals surface area contributed by atoms with E-state index in [0.717, 1.165) is 16.9 Å². The fourth-order valence-electron chi connectivity index (χ4n) is 2.96. The topological polar surface area (TPSA) is 64.3 Å². The van der Waals surface area contributed by atoms with Crippen molar-refractivity contribution in [1.82, 2.24) is 9.55 Å². The number of rotatable bonds is 6. The van der Waals surface area contributed by atoms with Gasteiger partial charge in [-0.25, -0.2) is 9.78 Å². The summed E-state index contributed by atoms with van der Waals surface area (Å²) in [6, 6.07) is 14.7. The molecule has 3 aromatic rings. The van der Waals surface area contributed by atoms with Crippen LogP contribution in [0.25, 0.3) is 11.0 Å². The van der Waals surface area contributed by atoms with Crippen LogP contribution in [-0.2, 0) is 6.54 Å². The molecule has 5 nitrogen and oxygen atoms in total. The molecule has 0 unspecified atom stereocenters. The number of hydrogen-bond donors (Lipinski definition) is 1. The molecule has 1 fully saturated rings. The van der Waals surface area contributed by atoms with Crippen molar-refractivity contribution < 1.29 is 14.6 Å². The minimum absolute atomic E-state index is 0.235. The molecule has 0 radical (unpaired) electrons. The van der Waals surface area contributed by atoms with Crippen LogP contribution in [0, 0.1) is 0 Å². The Morgan fingerprint density at radius 3 is 2.83 bits per heavy atom. The number of carboxylic acids is 1. The third-order valence-corrected chi connectivity index (χ3v) is 4.29. The van der Waals surface area contributed by atoms with Crippen LogP contribution in [0.2, 0.25) is 0 Å². The van der Waals surface area contributed by atoms with Crippen molar-refractivity contribution in [1.29, 1.82) is 0 Å². The largest absolute Gasteiger partial charge is 0.492 e. The van der Waals surface area contributed by atoms with Crippen LogP contribution < -0.4 is 4.74 Å². The quantitative estimate of drug-likeness (QED) is 0.752. The van der Waals surface area contributed by atoms with Crippen molar-refractivity contribution in [2.24, 2.45) is 0 Å². The highest BCUT2D eigenvalue weighted by Crippen LogP contribution is 2.40. The zero-order valence-electron chi connectivity index (χ0n) is 13.2. The molecule has 5 heteroatoms. The Balaban J connectivity index is 1.52. The highest BCUT2D eigenvalue weighted by atomic mass is 16.5. The highest BCUT2D eigenvalue weighted by Gasteiger charge is 2.29. The van der Waals surface area contributed by atoms with Gasteiger partial charge in [0.1, 0.15) is 18.2 Å². The predicted molar refractivity (Wildman–Crippen MR) is 90.6 cm³/mol. The van der Waals surface area contributed by atoms with Gasteiger partial charge in [-0.2, -0.15) is 0 Å². The van der Waals surface area contributed by atoms with Gasteiger partial charge >= 0.3 is 5.97 Å². The van der Waals surface area contributed by atoms with Crippen LogP contribution in [0.4, 0.5) is 0 Å². The lowest BCUT2D eigenvalue weighted by molar-refractivity contribution is 0.0696. The van der Waals surface area contributed by atoms with Crippen LogP contribution in [0.1, 0.15) is 34.9 Å². The number of carbonyl (C=O) groups is 1.